The Bertz CT molecular complexity index is 514. The highest BCUT2D eigenvalue weighted by Crippen LogP contribution is 2.45. The van der Waals surface area contributed by atoms with Crippen LogP contribution in [-0.2, 0) is 4.79 Å². The monoisotopic (exact) mass is 379 g/mol. The summed E-state index contributed by atoms with van der Waals surface area (Å²) in [6, 6.07) is 5.64. The van der Waals surface area contributed by atoms with Gasteiger partial charge in [-0.3, -0.25) is 4.79 Å². The minimum Gasteiger partial charge on any atom is -0.373 e. The summed E-state index contributed by atoms with van der Waals surface area (Å²) < 4.78 is 74.8. The lowest BCUT2D eigenvalue weighted by Crippen LogP contribution is -2.58. The van der Waals surface area contributed by atoms with E-state index < -0.39 is 30.3 Å². The first-order valence-corrected chi connectivity index (χ1v) is 6.08. The molecule has 0 atom stereocenters. The number of hydrogen-bond acceptors (Lipinski definition) is 2. The second-order valence-corrected chi connectivity index (χ2v) is 4.91. The van der Waals surface area contributed by atoms with Gasteiger partial charge in [0.2, 0.25) is 5.91 Å². The Labute approximate surface area is 123 Å². The Morgan fingerprint density at radius 1 is 1.10 bits per heavy atom. The van der Waals surface area contributed by atoms with Crippen LogP contribution in [0.3, 0.4) is 0 Å². The van der Waals surface area contributed by atoms with E-state index in [-0.39, 0.29) is 10.2 Å². The largest absolute Gasteiger partial charge is 0.426 e. The maximum atomic E-state index is 12.4. The molecule has 0 heterocycles. The van der Waals surface area contributed by atoms with E-state index in [9.17, 15) is 31.1 Å². The molecule has 0 spiro atoms. The van der Waals surface area contributed by atoms with Crippen molar-refractivity contribution in [1.82, 2.24) is 0 Å². The van der Waals surface area contributed by atoms with Gasteiger partial charge in [0.1, 0.15) is 0 Å². The van der Waals surface area contributed by atoms with E-state index in [0.29, 0.717) is 0 Å². The Morgan fingerprint density at radius 2 is 1.57 bits per heavy atom. The predicted octanol–water partition coefficient (Wildman–Crippen LogP) is 3.63. The van der Waals surface area contributed by atoms with Crippen LogP contribution in [0, 0.1) is 0 Å². The molecule has 3 nitrogen and oxygen atoms in total. The summed E-state index contributed by atoms with van der Waals surface area (Å²) in [5.41, 5.74) is -5.13. The number of para-hydroxylation sites is 1. The van der Waals surface area contributed by atoms with Crippen LogP contribution >= 0.6 is 15.9 Å². The fourth-order valence-corrected chi connectivity index (χ4v) is 1.73. The van der Waals surface area contributed by atoms with E-state index in [1.165, 1.54) is 24.3 Å². The third-order valence-corrected chi connectivity index (χ3v) is 3.19. The third kappa shape index (κ3) is 3.88. The van der Waals surface area contributed by atoms with Crippen LogP contribution in [0.4, 0.5) is 32.0 Å². The molecule has 1 aromatic rings. The summed E-state index contributed by atoms with van der Waals surface area (Å²) in [7, 11) is 0. The lowest BCUT2D eigenvalue weighted by molar-refractivity contribution is -0.366. The molecule has 1 rings (SSSR count). The van der Waals surface area contributed by atoms with Gasteiger partial charge in [-0.1, -0.05) is 12.1 Å². The van der Waals surface area contributed by atoms with Crippen LogP contribution < -0.4 is 5.32 Å². The van der Waals surface area contributed by atoms with E-state index >= 15 is 0 Å². The van der Waals surface area contributed by atoms with E-state index in [2.05, 4.69) is 15.9 Å². The summed E-state index contributed by atoms with van der Waals surface area (Å²) in [6.45, 7) is 0. The first-order chi connectivity index (χ1) is 9.38. The van der Waals surface area contributed by atoms with Crippen LogP contribution in [0.5, 0.6) is 0 Å². The Balaban J connectivity index is 2.96. The normalized spacial score (nSPS) is 13.1. The molecular formula is C11H8BrF6NO2. The highest BCUT2D eigenvalue weighted by molar-refractivity contribution is 9.10. The van der Waals surface area contributed by atoms with Crippen molar-refractivity contribution in [3.63, 3.8) is 0 Å². The number of amides is 1. The highest BCUT2D eigenvalue weighted by Gasteiger charge is 2.71. The molecule has 1 aromatic carbocycles. The van der Waals surface area contributed by atoms with E-state index in [4.69, 9.17) is 5.11 Å². The van der Waals surface area contributed by atoms with Crippen molar-refractivity contribution >= 4 is 27.5 Å². The number of nitrogens with one attached hydrogen (secondary N) is 1. The summed E-state index contributed by atoms with van der Waals surface area (Å²) in [5, 5.41) is 10.7. The molecular weight excluding hydrogens is 372 g/mol. The minimum atomic E-state index is -6.03. The second-order valence-electron chi connectivity index (χ2n) is 4.06. The number of alkyl halides is 6. The van der Waals surface area contributed by atoms with Crippen molar-refractivity contribution in [2.24, 2.45) is 0 Å². The third-order valence-electron chi connectivity index (χ3n) is 2.50. The summed E-state index contributed by atoms with van der Waals surface area (Å²) in [4.78, 5) is 11.4. The number of halogens is 7. The standard InChI is InChI=1S/C11H8BrF6NO2/c12-6-3-1-2-4-7(6)19-8(20)5-9(21,10(13,14)15)11(16,17)18/h1-4,21H,5H2,(H,19,20). The summed E-state index contributed by atoms with van der Waals surface area (Å²) >= 11 is 2.96. The Morgan fingerprint density at radius 3 is 2.00 bits per heavy atom. The molecule has 0 aliphatic rings. The number of anilines is 1. The van der Waals surface area contributed by atoms with Gasteiger partial charge in [0.05, 0.1) is 12.1 Å². The molecule has 0 bridgehead atoms. The summed E-state index contributed by atoms with van der Waals surface area (Å²) in [5.74, 6) is -1.63. The van der Waals surface area contributed by atoms with E-state index in [0.717, 1.165) is 0 Å². The molecule has 0 aliphatic carbocycles. The van der Waals surface area contributed by atoms with Crippen LogP contribution in [0.1, 0.15) is 6.42 Å². The molecule has 2 N–H and O–H groups in total. The van der Waals surface area contributed by atoms with Crippen LogP contribution in [0.25, 0.3) is 0 Å². The first kappa shape index (κ1) is 17.8. The molecule has 1 amide bonds. The van der Waals surface area contributed by atoms with Gasteiger partial charge in [-0.2, -0.15) is 26.3 Å². The molecule has 118 valence electrons. The van der Waals surface area contributed by atoms with Gasteiger partial charge in [-0.25, -0.2) is 0 Å². The van der Waals surface area contributed by atoms with E-state index in [1.807, 2.05) is 5.32 Å². The molecule has 0 aromatic heterocycles. The number of benzene rings is 1. The minimum absolute atomic E-state index is 0.0193. The fourth-order valence-electron chi connectivity index (χ4n) is 1.35. The zero-order chi connectivity index (χ0) is 16.5. The van der Waals surface area contributed by atoms with Crippen LogP contribution in [-0.4, -0.2) is 29.0 Å². The van der Waals surface area contributed by atoms with Crippen molar-refractivity contribution in [2.75, 3.05) is 5.32 Å². The van der Waals surface area contributed by atoms with Gasteiger partial charge in [-0.05, 0) is 28.1 Å². The molecule has 0 fully saturated rings. The average Bonchev–Trinajstić information content (AvgIpc) is 2.29. The molecule has 0 saturated carbocycles. The molecule has 0 aliphatic heterocycles. The van der Waals surface area contributed by atoms with Gasteiger partial charge in [0.25, 0.3) is 5.60 Å². The van der Waals surface area contributed by atoms with Crippen molar-refractivity contribution in [3.05, 3.63) is 28.7 Å². The Kier molecular flexibility index (Phi) is 4.94. The van der Waals surface area contributed by atoms with Gasteiger partial charge < -0.3 is 10.4 Å². The average molecular weight is 380 g/mol. The number of carbonyl (C=O) groups is 1. The zero-order valence-corrected chi connectivity index (χ0v) is 11.6. The number of carbonyl (C=O) groups excluding carboxylic acids is 1. The smallest absolute Gasteiger partial charge is 0.373 e. The Hall–Kier alpha value is -1.29. The van der Waals surface area contributed by atoms with Gasteiger partial charge in [0.15, 0.2) is 0 Å². The molecule has 0 radical (unpaired) electrons. The second kappa shape index (κ2) is 5.84. The van der Waals surface area contributed by atoms with Crippen molar-refractivity contribution in [3.8, 4) is 0 Å². The van der Waals surface area contributed by atoms with Crippen molar-refractivity contribution < 1.29 is 36.2 Å². The predicted molar refractivity (Wildman–Crippen MR) is 64.4 cm³/mol. The van der Waals surface area contributed by atoms with Gasteiger partial charge in [0, 0.05) is 4.47 Å². The van der Waals surface area contributed by atoms with Crippen molar-refractivity contribution in [1.29, 1.82) is 0 Å². The molecule has 0 unspecified atom stereocenters. The van der Waals surface area contributed by atoms with E-state index in [1.54, 1.807) is 0 Å². The first-order valence-electron chi connectivity index (χ1n) is 5.29. The zero-order valence-electron chi connectivity index (χ0n) is 10.0. The number of rotatable bonds is 3. The number of aliphatic hydroxyl groups is 1. The lowest BCUT2D eigenvalue weighted by Gasteiger charge is -2.31. The van der Waals surface area contributed by atoms with Gasteiger partial charge in [-0.15, -0.1) is 0 Å². The maximum Gasteiger partial charge on any atom is 0.426 e. The SMILES string of the molecule is O=C(CC(O)(C(F)(F)F)C(F)(F)F)Nc1ccccc1Br. The lowest BCUT2D eigenvalue weighted by atomic mass is 9.97. The molecule has 0 saturated heterocycles. The van der Waals surface area contributed by atoms with Crippen LogP contribution in [0.15, 0.2) is 28.7 Å². The maximum absolute atomic E-state index is 12.4. The van der Waals surface area contributed by atoms with Gasteiger partial charge >= 0.3 is 12.4 Å². The topological polar surface area (TPSA) is 49.3 Å². The quantitative estimate of drug-likeness (QED) is 0.787. The fraction of sp³-hybridized carbons (Fsp3) is 0.364. The van der Waals surface area contributed by atoms with Crippen molar-refractivity contribution in [2.45, 2.75) is 24.4 Å². The molecule has 10 heteroatoms. The molecule has 21 heavy (non-hydrogen) atoms. The number of hydrogen-bond donors (Lipinski definition) is 2. The van der Waals surface area contributed by atoms with Crippen LogP contribution in [0.2, 0.25) is 0 Å². The highest BCUT2D eigenvalue weighted by atomic mass is 79.9. The summed E-state index contributed by atoms with van der Waals surface area (Å²) in [6.07, 6.45) is -14.3.